The molecule has 17 heavy (non-hydrogen) atoms. The van der Waals surface area contributed by atoms with Gasteiger partial charge < -0.3 is 18.0 Å². The monoisotopic (exact) mass is 262 g/mol. The second kappa shape index (κ2) is 9.35. The van der Waals surface area contributed by atoms with E-state index in [0.717, 1.165) is 6.08 Å². The lowest BCUT2D eigenvalue weighted by Crippen LogP contribution is -2.45. The number of rotatable bonds is 10. The summed E-state index contributed by atoms with van der Waals surface area (Å²) in [6.07, 6.45) is 1.80. The first-order valence-electron chi connectivity index (χ1n) is 5.76. The average Bonchev–Trinajstić information content (AvgIpc) is 2.34. The molecule has 0 atom stereocenters. The minimum Gasteiger partial charge on any atom is -0.463 e. The van der Waals surface area contributed by atoms with Gasteiger partial charge in [0.15, 0.2) is 0 Å². The fourth-order valence-corrected chi connectivity index (χ4v) is 3.63. The molecule has 0 aromatic rings. The van der Waals surface area contributed by atoms with Crippen LogP contribution in [-0.4, -0.2) is 41.7 Å². The molecule has 0 heterocycles. The normalized spacial score (nSPS) is 11.2. The third kappa shape index (κ3) is 6.57. The summed E-state index contributed by atoms with van der Waals surface area (Å²) in [6.45, 7) is 8.54. The first kappa shape index (κ1) is 16.3. The number of hydrogen-bond acceptors (Lipinski definition) is 5. The smallest absolute Gasteiger partial charge is 0.463 e. The van der Waals surface area contributed by atoms with Crippen LogP contribution in [0.15, 0.2) is 12.7 Å². The zero-order valence-electron chi connectivity index (χ0n) is 10.9. The van der Waals surface area contributed by atoms with Gasteiger partial charge in [0.2, 0.25) is 0 Å². The highest BCUT2D eigenvalue weighted by Crippen LogP contribution is 2.17. The van der Waals surface area contributed by atoms with Crippen LogP contribution in [-0.2, 0) is 22.8 Å². The van der Waals surface area contributed by atoms with Crippen LogP contribution >= 0.6 is 0 Å². The van der Waals surface area contributed by atoms with E-state index < -0.39 is 14.8 Å². The van der Waals surface area contributed by atoms with Gasteiger partial charge in [-0.3, -0.25) is 0 Å². The van der Waals surface area contributed by atoms with E-state index in [-0.39, 0.29) is 0 Å². The molecule has 100 valence electrons. The highest BCUT2D eigenvalue weighted by molar-refractivity contribution is 6.60. The van der Waals surface area contributed by atoms with Crippen molar-refractivity contribution in [1.29, 1.82) is 0 Å². The summed E-state index contributed by atoms with van der Waals surface area (Å²) in [6, 6.07) is 0.635. The summed E-state index contributed by atoms with van der Waals surface area (Å²) < 4.78 is 21.4. The molecule has 0 bridgehead atoms. The summed E-state index contributed by atoms with van der Waals surface area (Å²) in [5, 5.41) is 0. The Morgan fingerprint density at radius 1 is 1.29 bits per heavy atom. The van der Waals surface area contributed by atoms with E-state index in [1.807, 2.05) is 13.8 Å². The molecule has 0 spiro atoms. The maximum atomic E-state index is 10.8. The van der Waals surface area contributed by atoms with Crippen molar-refractivity contribution >= 4 is 14.8 Å². The van der Waals surface area contributed by atoms with Crippen molar-refractivity contribution in [1.82, 2.24) is 0 Å². The van der Waals surface area contributed by atoms with Crippen molar-refractivity contribution in [2.24, 2.45) is 0 Å². The molecule has 0 aromatic heterocycles. The lowest BCUT2D eigenvalue weighted by Gasteiger charge is -2.26. The van der Waals surface area contributed by atoms with Crippen LogP contribution in [0.5, 0.6) is 0 Å². The van der Waals surface area contributed by atoms with Gasteiger partial charge in [0.1, 0.15) is 0 Å². The molecule has 0 aromatic carbocycles. The van der Waals surface area contributed by atoms with Gasteiger partial charge in [-0.05, 0) is 20.3 Å². The van der Waals surface area contributed by atoms with Crippen molar-refractivity contribution in [2.45, 2.75) is 26.3 Å². The number of ether oxygens (including phenoxy) is 1. The molecule has 0 aliphatic rings. The predicted octanol–water partition coefficient (Wildman–Crippen LogP) is 1.76. The molecule has 0 rings (SSSR count). The zero-order chi connectivity index (χ0) is 13.1. The van der Waals surface area contributed by atoms with Crippen LogP contribution < -0.4 is 0 Å². The zero-order valence-corrected chi connectivity index (χ0v) is 11.9. The molecule has 0 radical (unpaired) electrons. The van der Waals surface area contributed by atoms with Crippen molar-refractivity contribution in [3.05, 3.63) is 12.7 Å². The van der Waals surface area contributed by atoms with Crippen molar-refractivity contribution in [3.8, 4) is 0 Å². The van der Waals surface area contributed by atoms with Gasteiger partial charge in [-0.1, -0.05) is 6.58 Å². The molecule has 0 N–H and O–H groups in total. The number of esters is 1. The number of hydrogen-bond donors (Lipinski definition) is 0. The topological polar surface area (TPSA) is 54.0 Å². The van der Waals surface area contributed by atoms with Crippen LogP contribution in [0.1, 0.15) is 20.3 Å². The second-order valence-corrected chi connectivity index (χ2v) is 6.08. The number of carbonyl (C=O) groups is 1. The Morgan fingerprint density at radius 3 is 2.29 bits per heavy atom. The Balaban J connectivity index is 4.06. The largest absolute Gasteiger partial charge is 0.500 e. The summed E-state index contributed by atoms with van der Waals surface area (Å²) in [5.41, 5.74) is 0. The Labute approximate surface area is 104 Å². The fraction of sp³-hybridized carbons (Fsp3) is 0.727. The van der Waals surface area contributed by atoms with Crippen LogP contribution in [0.25, 0.3) is 0 Å². The minimum absolute atomic E-state index is 0.323. The first-order chi connectivity index (χ1) is 8.14. The second-order valence-electron chi connectivity index (χ2n) is 3.23. The number of carbonyl (C=O) groups excluding carboxylic acids is 1. The molecular formula is C11H22O5Si. The maximum absolute atomic E-state index is 10.8. The van der Waals surface area contributed by atoms with Crippen LogP contribution in [0.2, 0.25) is 6.04 Å². The highest BCUT2D eigenvalue weighted by atomic mass is 28.4. The van der Waals surface area contributed by atoms with E-state index in [1.165, 1.54) is 0 Å². The van der Waals surface area contributed by atoms with E-state index in [1.54, 1.807) is 7.11 Å². The summed E-state index contributed by atoms with van der Waals surface area (Å²) in [4.78, 5) is 10.8. The van der Waals surface area contributed by atoms with Gasteiger partial charge in [0.25, 0.3) is 0 Å². The third-order valence-electron chi connectivity index (χ3n) is 2.08. The fourth-order valence-electron chi connectivity index (χ4n) is 1.37. The van der Waals surface area contributed by atoms with Crippen molar-refractivity contribution < 1.29 is 22.8 Å². The standard InChI is InChI=1S/C11H22O5Si/c1-5-11(12)14-9-8-10-17(13-4,15-6-2)16-7-3/h5H,1,6-10H2,2-4H3. The molecule has 0 saturated heterocycles. The SMILES string of the molecule is C=CC(=O)OCCC[Si](OC)(OCC)OCC. The molecule has 5 nitrogen and oxygen atoms in total. The van der Waals surface area contributed by atoms with E-state index >= 15 is 0 Å². The van der Waals surface area contributed by atoms with Crippen molar-refractivity contribution in [3.63, 3.8) is 0 Å². The Hall–Kier alpha value is -0.693. The molecule has 0 unspecified atom stereocenters. The van der Waals surface area contributed by atoms with Crippen LogP contribution in [0, 0.1) is 0 Å². The van der Waals surface area contributed by atoms with Gasteiger partial charge in [-0.25, -0.2) is 4.79 Å². The quantitative estimate of drug-likeness (QED) is 0.260. The van der Waals surface area contributed by atoms with E-state index in [2.05, 4.69) is 6.58 Å². The molecule has 0 amide bonds. The van der Waals surface area contributed by atoms with Crippen LogP contribution in [0.3, 0.4) is 0 Å². The molecule has 6 heteroatoms. The Morgan fingerprint density at radius 2 is 1.88 bits per heavy atom. The minimum atomic E-state index is -2.57. The first-order valence-corrected chi connectivity index (χ1v) is 7.69. The van der Waals surface area contributed by atoms with Crippen LogP contribution in [0.4, 0.5) is 0 Å². The third-order valence-corrected chi connectivity index (χ3v) is 5.12. The predicted molar refractivity (Wildman–Crippen MR) is 66.6 cm³/mol. The lowest BCUT2D eigenvalue weighted by molar-refractivity contribution is -0.137. The summed E-state index contributed by atoms with van der Waals surface area (Å²) >= 11 is 0. The van der Waals surface area contributed by atoms with Gasteiger partial charge in [-0.2, -0.15) is 0 Å². The molecule has 0 fully saturated rings. The Kier molecular flexibility index (Phi) is 8.97. The lowest BCUT2D eigenvalue weighted by atomic mass is 10.5. The Bertz CT molecular complexity index is 226. The highest BCUT2D eigenvalue weighted by Gasteiger charge is 2.38. The molecule has 0 aliphatic carbocycles. The van der Waals surface area contributed by atoms with Gasteiger partial charge >= 0.3 is 14.8 Å². The van der Waals surface area contributed by atoms with E-state index in [0.29, 0.717) is 32.3 Å². The van der Waals surface area contributed by atoms with E-state index in [9.17, 15) is 4.79 Å². The molecular weight excluding hydrogens is 240 g/mol. The van der Waals surface area contributed by atoms with Gasteiger partial charge in [-0.15, -0.1) is 0 Å². The molecule has 0 saturated carbocycles. The summed E-state index contributed by atoms with van der Waals surface area (Å²) in [7, 11) is -0.978. The average molecular weight is 262 g/mol. The molecule has 0 aliphatic heterocycles. The van der Waals surface area contributed by atoms with Gasteiger partial charge in [0.05, 0.1) is 6.61 Å². The summed E-state index contributed by atoms with van der Waals surface area (Å²) in [5.74, 6) is -0.414. The maximum Gasteiger partial charge on any atom is 0.500 e. The van der Waals surface area contributed by atoms with E-state index in [4.69, 9.17) is 18.0 Å². The van der Waals surface area contributed by atoms with Crippen molar-refractivity contribution in [2.75, 3.05) is 26.9 Å². The van der Waals surface area contributed by atoms with Gasteiger partial charge in [0, 0.05) is 32.4 Å².